The molecule has 2 N–H and O–H groups in total. The summed E-state index contributed by atoms with van der Waals surface area (Å²) in [5.74, 6) is 1.86. The molecule has 0 unspecified atom stereocenters. The maximum absolute atomic E-state index is 11.6. The Hall–Kier alpha value is -2.02. The molecule has 0 bridgehead atoms. The van der Waals surface area contributed by atoms with Gasteiger partial charge in [-0.1, -0.05) is 11.8 Å². The van der Waals surface area contributed by atoms with Gasteiger partial charge in [-0.15, -0.1) is 5.10 Å². The van der Waals surface area contributed by atoms with E-state index in [0.717, 1.165) is 24.2 Å². The topological polar surface area (TPSA) is 79.9 Å². The molecule has 0 aliphatic heterocycles. The molecule has 1 saturated carbocycles. The van der Waals surface area contributed by atoms with E-state index in [2.05, 4.69) is 20.5 Å². The number of methoxy groups -OCH3 is 1. The van der Waals surface area contributed by atoms with Gasteiger partial charge in [-0.2, -0.15) is 0 Å². The van der Waals surface area contributed by atoms with E-state index in [-0.39, 0.29) is 5.91 Å². The molecule has 0 radical (unpaired) electrons. The lowest BCUT2D eigenvalue weighted by Gasteiger charge is -2.00. The highest BCUT2D eigenvalue weighted by atomic mass is 32.2. The first-order chi connectivity index (χ1) is 10.2. The molecular formula is C14H16N4O2S. The van der Waals surface area contributed by atoms with Crippen LogP contribution in [-0.2, 0) is 4.79 Å². The average molecular weight is 304 g/mol. The highest BCUT2D eigenvalue weighted by molar-refractivity contribution is 7.99. The lowest BCUT2D eigenvalue weighted by atomic mass is 10.2. The van der Waals surface area contributed by atoms with E-state index in [9.17, 15) is 4.79 Å². The van der Waals surface area contributed by atoms with Crippen molar-refractivity contribution in [2.75, 3.05) is 12.9 Å². The largest absolute Gasteiger partial charge is 0.497 e. The first-order valence-corrected chi connectivity index (χ1v) is 7.72. The van der Waals surface area contributed by atoms with Crippen LogP contribution in [-0.4, -0.2) is 40.0 Å². The second-order valence-electron chi connectivity index (χ2n) is 4.83. The number of carbonyl (C=O) groups excluding carboxylic acids is 1. The van der Waals surface area contributed by atoms with E-state index in [4.69, 9.17) is 4.74 Å². The number of aromatic amines is 1. The summed E-state index contributed by atoms with van der Waals surface area (Å²) in [7, 11) is 1.63. The summed E-state index contributed by atoms with van der Waals surface area (Å²) in [5.41, 5.74) is 0.928. The van der Waals surface area contributed by atoms with E-state index in [1.54, 1.807) is 7.11 Å². The Bertz CT molecular complexity index is 622. The quantitative estimate of drug-likeness (QED) is 0.796. The summed E-state index contributed by atoms with van der Waals surface area (Å²) in [6, 6.07) is 7.95. The molecule has 1 aliphatic carbocycles. The van der Waals surface area contributed by atoms with Gasteiger partial charge in [0.05, 0.1) is 12.9 Å². The minimum absolute atomic E-state index is 0.0401. The van der Waals surface area contributed by atoms with E-state index in [0.29, 0.717) is 22.8 Å². The van der Waals surface area contributed by atoms with Crippen molar-refractivity contribution in [3.63, 3.8) is 0 Å². The minimum atomic E-state index is 0.0401. The number of ether oxygens (including phenoxy) is 1. The SMILES string of the molecule is COc1ccc(-c2nc(SCC(=O)NC3CC3)n[nH]2)cc1. The van der Waals surface area contributed by atoms with Crippen LogP contribution in [0.2, 0.25) is 0 Å². The van der Waals surface area contributed by atoms with Crippen LogP contribution in [0.15, 0.2) is 29.4 Å². The number of nitrogens with zero attached hydrogens (tertiary/aromatic N) is 2. The molecule has 1 aliphatic rings. The number of thioether (sulfide) groups is 1. The van der Waals surface area contributed by atoms with E-state index in [1.165, 1.54) is 11.8 Å². The predicted molar refractivity (Wildman–Crippen MR) is 80.3 cm³/mol. The highest BCUT2D eigenvalue weighted by Crippen LogP contribution is 2.22. The zero-order valence-corrected chi connectivity index (χ0v) is 12.4. The lowest BCUT2D eigenvalue weighted by molar-refractivity contribution is -0.118. The van der Waals surface area contributed by atoms with Crippen LogP contribution in [0.5, 0.6) is 5.75 Å². The Morgan fingerprint density at radius 3 is 2.86 bits per heavy atom. The maximum Gasteiger partial charge on any atom is 0.230 e. The van der Waals surface area contributed by atoms with Gasteiger partial charge in [0.15, 0.2) is 5.82 Å². The Morgan fingerprint density at radius 2 is 2.19 bits per heavy atom. The number of nitrogens with one attached hydrogen (secondary N) is 2. The van der Waals surface area contributed by atoms with Crippen molar-refractivity contribution in [3.8, 4) is 17.1 Å². The third kappa shape index (κ3) is 3.75. The van der Waals surface area contributed by atoms with Gasteiger partial charge in [0.2, 0.25) is 11.1 Å². The van der Waals surface area contributed by atoms with Crippen molar-refractivity contribution in [1.82, 2.24) is 20.5 Å². The molecule has 0 saturated heterocycles. The molecule has 7 heteroatoms. The number of benzene rings is 1. The normalized spacial score (nSPS) is 14.0. The molecule has 21 heavy (non-hydrogen) atoms. The summed E-state index contributed by atoms with van der Waals surface area (Å²) in [4.78, 5) is 16.0. The fourth-order valence-electron chi connectivity index (χ4n) is 1.82. The highest BCUT2D eigenvalue weighted by Gasteiger charge is 2.23. The van der Waals surface area contributed by atoms with E-state index >= 15 is 0 Å². The zero-order valence-electron chi connectivity index (χ0n) is 11.6. The second-order valence-corrected chi connectivity index (χ2v) is 5.77. The lowest BCUT2D eigenvalue weighted by Crippen LogP contribution is -2.27. The summed E-state index contributed by atoms with van der Waals surface area (Å²) in [5, 5.41) is 10.5. The van der Waals surface area contributed by atoms with Gasteiger partial charge in [0.25, 0.3) is 0 Å². The maximum atomic E-state index is 11.6. The number of rotatable bonds is 6. The number of amides is 1. The minimum Gasteiger partial charge on any atom is -0.497 e. The number of H-pyrrole nitrogens is 1. The molecule has 1 aromatic carbocycles. The standard InChI is InChI=1S/C14H16N4O2S/c1-20-11-6-2-9(3-7-11)13-16-14(18-17-13)21-8-12(19)15-10-4-5-10/h2-3,6-7,10H,4-5,8H2,1H3,(H,15,19)(H,16,17,18). The van der Waals surface area contributed by atoms with Crippen molar-refractivity contribution in [2.45, 2.75) is 24.0 Å². The summed E-state index contributed by atoms with van der Waals surface area (Å²) >= 11 is 1.33. The third-order valence-corrected chi connectivity index (χ3v) is 3.95. The van der Waals surface area contributed by atoms with Crippen molar-refractivity contribution < 1.29 is 9.53 Å². The average Bonchev–Trinajstić information content (AvgIpc) is 3.19. The fraction of sp³-hybridized carbons (Fsp3) is 0.357. The first-order valence-electron chi connectivity index (χ1n) is 6.73. The van der Waals surface area contributed by atoms with Crippen LogP contribution in [0.3, 0.4) is 0 Å². The number of hydrogen-bond donors (Lipinski definition) is 2. The Kier molecular flexibility index (Phi) is 4.10. The molecule has 110 valence electrons. The van der Waals surface area contributed by atoms with E-state index < -0.39 is 0 Å². The van der Waals surface area contributed by atoms with Gasteiger partial charge in [0, 0.05) is 11.6 Å². The summed E-state index contributed by atoms with van der Waals surface area (Å²) in [6.45, 7) is 0. The predicted octanol–water partition coefficient (Wildman–Crippen LogP) is 1.85. The van der Waals surface area contributed by atoms with Crippen LogP contribution in [0, 0.1) is 0 Å². The first kappa shape index (κ1) is 13.9. The van der Waals surface area contributed by atoms with Crippen molar-refractivity contribution in [2.24, 2.45) is 0 Å². The zero-order chi connectivity index (χ0) is 14.7. The summed E-state index contributed by atoms with van der Waals surface area (Å²) in [6.07, 6.45) is 2.19. The number of hydrogen-bond acceptors (Lipinski definition) is 5. The Balaban J connectivity index is 1.58. The molecule has 3 rings (SSSR count). The monoisotopic (exact) mass is 304 g/mol. The molecule has 6 nitrogen and oxygen atoms in total. The van der Waals surface area contributed by atoms with Crippen molar-refractivity contribution >= 4 is 17.7 Å². The number of carbonyl (C=O) groups is 1. The summed E-state index contributed by atoms with van der Waals surface area (Å²) < 4.78 is 5.12. The van der Waals surface area contributed by atoms with Gasteiger partial charge in [0.1, 0.15) is 5.75 Å². The molecular weight excluding hydrogens is 288 g/mol. The fourth-order valence-corrected chi connectivity index (χ4v) is 2.43. The van der Waals surface area contributed by atoms with E-state index in [1.807, 2.05) is 24.3 Å². The van der Waals surface area contributed by atoms with Crippen LogP contribution >= 0.6 is 11.8 Å². The molecule has 1 fully saturated rings. The van der Waals surface area contributed by atoms with Gasteiger partial charge in [-0.3, -0.25) is 9.89 Å². The van der Waals surface area contributed by atoms with Crippen LogP contribution in [0.4, 0.5) is 0 Å². The van der Waals surface area contributed by atoms with Crippen LogP contribution in [0.1, 0.15) is 12.8 Å². The second kappa shape index (κ2) is 6.17. The Labute approximate surface area is 126 Å². The molecule has 2 aromatic rings. The van der Waals surface area contributed by atoms with Gasteiger partial charge >= 0.3 is 0 Å². The van der Waals surface area contributed by atoms with Crippen molar-refractivity contribution in [1.29, 1.82) is 0 Å². The Morgan fingerprint density at radius 1 is 1.43 bits per heavy atom. The third-order valence-electron chi connectivity index (χ3n) is 3.10. The van der Waals surface area contributed by atoms with Gasteiger partial charge in [-0.25, -0.2) is 4.98 Å². The molecule has 0 atom stereocenters. The molecule has 1 amide bonds. The smallest absolute Gasteiger partial charge is 0.230 e. The van der Waals surface area contributed by atoms with Gasteiger partial charge in [-0.05, 0) is 37.1 Å². The molecule has 1 aromatic heterocycles. The number of aromatic nitrogens is 3. The van der Waals surface area contributed by atoms with Crippen LogP contribution in [0.25, 0.3) is 11.4 Å². The molecule has 1 heterocycles. The van der Waals surface area contributed by atoms with Gasteiger partial charge < -0.3 is 10.1 Å². The van der Waals surface area contributed by atoms with Crippen LogP contribution < -0.4 is 10.1 Å². The molecule has 0 spiro atoms. The van der Waals surface area contributed by atoms with Crippen molar-refractivity contribution in [3.05, 3.63) is 24.3 Å².